The summed E-state index contributed by atoms with van der Waals surface area (Å²) in [4.78, 5) is 11.7. The number of ether oxygens (including phenoxy) is 1. The van der Waals surface area contributed by atoms with E-state index >= 15 is 0 Å². The molecule has 0 aromatic carbocycles. The summed E-state index contributed by atoms with van der Waals surface area (Å²) in [7, 11) is 0.997. The average Bonchev–Trinajstić information content (AvgIpc) is 2.17. The molecule has 0 aromatic heterocycles. The standard InChI is InChI=1S/C8H13F2NO2/c1-4-11(5-2)7(10)6(9)8(12)13-3/h4-5H2,1-3H3/b7-6+. The SMILES string of the molecule is CCN(CC)/C(F)=C(/F)C(=O)OC. The number of carbonyl (C=O) groups is 1. The number of hydrogen-bond acceptors (Lipinski definition) is 3. The maximum atomic E-state index is 13.0. The van der Waals surface area contributed by atoms with Crippen LogP contribution in [0.1, 0.15) is 13.8 Å². The van der Waals surface area contributed by atoms with Crippen LogP contribution >= 0.6 is 0 Å². The van der Waals surface area contributed by atoms with Gasteiger partial charge in [0.2, 0.25) is 5.95 Å². The molecule has 0 bridgehead atoms. The van der Waals surface area contributed by atoms with E-state index in [4.69, 9.17) is 0 Å². The van der Waals surface area contributed by atoms with Gasteiger partial charge in [0.25, 0.3) is 5.83 Å². The average molecular weight is 193 g/mol. The molecule has 0 saturated carbocycles. The molecule has 0 aliphatic rings. The second-order valence-corrected chi connectivity index (χ2v) is 2.27. The molecule has 0 rings (SSSR count). The zero-order valence-corrected chi connectivity index (χ0v) is 7.93. The molecule has 0 radical (unpaired) electrons. The lowest BCUT2D eigenvalue weighted by Gasteiger charge is -2.17. The Balaban J connectivity index is 4.67. The first-order chi connectivity index (χ1) is 6.08. The Hall–Kier alpha value is -1.13. The fraction of sp³-hybridized carbons (Fsp3) is 0.625. The number of methoxy groups -OCH3 is 1. The molecule has 76 valence electrons. The van der Waals surface area contributed by atoms with E-state index in [1.165, 1.54) is 0 Å². The smallest absolute Gasteiger partial charge is 0.371 e. The van der Waals surface area contributed by atoms with Crippen molar-refractivity contribution in [2.24, 2.45) is 0 Å². The predicted octanol–water partition coefficient (Wildman–Crippen LogP) is 1.61. The highest BCUT2D eigenvalue weighted by atomic mass is 19.2. The van der Waals surface area contributed by atoms with Gasteiger partial charge in [-0.25, -0.2) is 4.79 Å². The van der Waals surface area contributed by atoms with E-state index in [9.17, 15) is 13.6 Å². The summed E-state index contributed by atoms with van der Waals surface area (Å²) in [5.74, 6) is -3.94. The van der Waals surface area contributed by atoms with Gasteiger partial charge >= 0.3 is 5.97 Å². The van der Waals surface area contributed by atoms with Crippen LogP contribution in [-0.2, 0) is 9.53 Å². The third-order valence-corrected chi connectivity index (χ3v) is 1.59. The lowest BCUT2D eigenvalue weighted by molar-refractivity contribution is -0.138. The fourth-order valence-electron chi connectivity index (χ4n) is 0.814. The van der Waals surface area contributed by atoms with Crippen molar-refractivity contribution in [3.63, 3.8) is 0 Å². The Bertz CT molecular complexity index is 212. The van der Waals surface area contributed by atoms with Gasteiger partial charge in [0.15, 0.2) is 0 Å². The molecule has 0 N–H and O–H groups in total. The Morgan fingerprint density at radius 2 is 1.77 bits per heavy atom. The molecule has 3 nitrogen and oxygen atoms in total. The minimum absolute atomic E-state index is 0.298. The largest absolute Gasteiger partial charge is 0.464 e. The second-order valence-electron chi connectivity index (χ2n) is 2.27. The van der Waals surface area contributed by atoms with Crippen LogP contribution in [0.5, 0.6) is 0 Å². The Morgan fingerprint density at radius 1 is 1.31 bits per heavy atom. The van der Waals surface area contributed by atoms with Crippen molar-refractivity contribution < 1.29 is 18.3 Å². The van der Waals surface area contributed by atoms with Crippen LogP contribution in [0.15, 0.2) is 11.8 Å². The summed E-state index contributed by atoms with van der Waals surface area (Å²) < 4.78 is 29.9. The first-order valence-corrected chi connectivity index (χ1v) is 3.96. The highest BCUT2D eigenvalue weighted by molar-refractivity contribution is 5.86. The molecule has 0 unspecified atom stereocenters. The highest BCUT2D eigenvalue weighted by Crippen LogP contribution is 2.13. The van der Waals surface area contributed by atoms with Gasteiger partial charge in [-0.3, -0.25) is 0 Å². The van der Waals surface area contributed by atoms with Crippen LogP contribution in [-0.4, -0.2) is 31.1 Å². The van der Waals surface area contributed by atoms with Gasteiger partial charge in [0, 0.05) is 13.1 Å². The Morgan fingerprint density at radius 3 is 2.08 bits per heavy atom. The van der Waals surface area contributed by atoms with E-state index in [2.05, 4.69) is 4.74 Å². The summed E-state index contributed by atoms with van der Waals surface area (Å²) in [5, 5.41) is 0. The van der Waals surface area contributed by atoms with Gasteiger partial charge in [-0.1, -0.05) is 0 Å². The highest BCUT2D eigenvalue weighted by Gasteiger charge is 2.19. The Labute approximate surface area is 76.0 Å². The molecule has 0 aliphatic carbocycles. The van der Waals surface area contributed by atoms with Crippen molar-refractivity contribution in [1.29, 1.82) is 0 Å². The quantitative estimate of drug-likeness (QED) is 0.386. The van der Waals surface area contributed by atoms with E-state index in [0.29, 0.717) is 13.1 Å². The summed E-state index contributed by atoms with van der Waals surface area (Å²) in [5.41, 5.74) is 0. The summed E-state index contributed by atoms with van der Waals surface area (Å²) >= 11 is 0. The van der Waals surface area contributed by atoms with Gasteiger partial charge in [0.05, 0.1) is 7.11 Å². The number of hydrogen-bond donors (Lipinski definition) is 0. The molecule has 0 spiro atoms. The van der Waals surface area contributed by atoms with Gasteiger partial charge < -0.3 is 9.64 Å². The predicted molar refractivity (Wildman–Crippen MR) is 44.2 cm³/mol. The second kappa shape index (κ2) is 5.50. The van der Waals surface area contributed by atoms with E-state index in [1.54, 1.807) is 13.8 Å². The van der Waals surface area contributed by atoms with Crippen LogP contribution in [0.4, 0.5) is 8.78 Å². The van der Waals surface area contributed by atoms with Crippen molar-refractivity contribution >= 4 is 5.97 Å². The molecular weight excluding hydrogens is 180 g/mol. The summed E-state index contributed by atoms with van der Waals surface area (Å²) in [6.07, 6.45) is 0. The van der Waals surface area contributed by atoms with Crippen molar-refractivity contribution in [2.75, 3.05) is 20.2 Å². The number of halogens is 2. The fourth-order valence-corrected chi connectivity index (χ4v) is 0.814. The zero-order chi connectivity index (χ0) is 10.4. The van der Waals surface area contributed by atoms with Crippen LogP contribution < -0.4 is 0 Å². The first kappa shape index (κ1) is 11.9. The van der Waals surface area contributed by atoms with E-state index in [-0.39, 0.29) is 0 Å². The summed E-state index contributed by atoms with van der Waals surface area (Å²) in [6.45, 7) is 3.92. The zero-order valence-electron chi connectivity index (χ0n) is 7.93. The van der Waals surface area contributed by atoms with E-state index in [1.807, 2.05) is 0 Å². The van der Waals surface area contributed by atoms with E-state index < -0.39 is 17.7 Å². The van der Waals surface area contributed by atoms with Crippen LogP contribution in [0.2, 0.25) is 0 Å². The monoisotopic (exact) mass is 193 g/mol. The molecule has 0 aromatic rings. The molecule has 0 aliphatic heterocycles. The van der Waals surface area contributed by atoms with Crippen LogP contribution in [0.25, 0.3) is 0 Å². The molecule has 0 heterocycles. The van der Waals surface area contributed by atoms with Crippen molar-refractivity contribution in [2.45, 2.75) is 13.8 Å². The lowest BCUT2D eigenvalue weighted by Crippen LogP contribution is -2.22. The maximum Gasteiger partial charge on any atom is 0.371 e. The molecule has 0 atom stereocenters. The van der Waals surface area contributed by atoms with Gasteiger partial charge in [-0.05, 0) is 13.8 Å². The lowest BCUT2D eigenvalue weighted by atomic mass is 10.4. The first-order valence-electron chi connectivity index (χ1n) is 3.96. The molecule has 0 amide bonds. The minimum atomic E-state index is -1.48. The molecular formula is C8H13F2NO2. The number of esters is 1. The van der Waals surface area contributed by atoms with Crippen molar-refractivity contribution in [1.82, 2.24) is 4.90 Å². The molecule has 5 heteroatoms. The molecule has 0 fully saturated rings. The van der Waals surface area contributed by atoms with Crippen molar-refractivity contribution in [3.8, 4) is 0 Å². The minimum Gasteiger partial charge on any atom is -0.464 e. The third kappa shape index (κ3) is 3.01. The van der Waals surface area contributed by atoms with Gasteiger partial charge in [-0.2, -0.15) is 8.78 Å². The molecule has 0 saturated heterocycles. The van der Waals surface area contributed by atoms with E-state index in [0.717, 1.165) is 12.0 Å². The maximum absolute atomic E-state index is 13.0. The third-order valence-electron chi connectivity index (χ3n) is 1.59. The van der Waals surface area contributed by atoms with Gasteiger partial charge in [-0.15, -0.1) is 0 Å². The number of carbonyl (C=O) groups excluding carboxylic acids is 1. The van der Waals surface area contributed by atoms with Crippen LogP contribution in [0, 0.1) is 0 Å². The number of nitrogens with zero attached hydrogens (tertiary/aromatic N) is 1. The Kier molecular flexibility index (Phi) is 5.03. The van der Waals surface area contributed by atoms with Crippen LogP contribution in [0.3, 0.4) is 0 Å². The van der Waals surface area contributed by atoms with Crippen molar-refractivity contribution in [3.05, 3.63) is 11.8 Å². The van der Waals surface area contributed by atoms with Gasteiger partial charge in [0.1, 0.15) is 0 Å². The normalized spacial score (nSPS) is 12.1. The molecule has 13 heavy (non-hydrogen) atoms. The topological polar surface area (TPSA) is 29.5 Å². The summed E-state index contributed by atoms with van der Waals surface area (Å²) in [6, 6.07) is 0. The number of rotatable bonds is 4.